The standard InChI is InChI=1S/C13H15NO3/c15-9-14-6-4-10(5-7-14)11-2-1-3-12(8-11)13(16)17/h1-3,8-10H,4-7H2,(H,16,17). The van der Waals surface area contributed by atoms with Crippen molar-refractivity contribution in [2.75, 3.05) is 13.1 Å². The molecule has 0 radical (unpaired) electrons. The van der Waals surface area contributed by atoms with E-state index in [2.05, 4.69) is 0 Å². The van der Waals surface area contributed by atoms with Gasteiger partial charge in [-0.1, -0.05) is 12.1 Å². The molecular formula is C13H15NO3. The molecule has 4 heteroatoms. The molecular weight excluding hydrogens is 218 g/mol. The zero-order chi connectivity index (χ0) is 12.3. The fraction of sp³-hybridized carbons (Fsp3) is 0.385. The number of hydrogen-bond acceptors (Lipinski definition) is 2. The second-order valence-electron chi connectivity index (χ2n) is 4.35. The van der Waals surface area contributed by atoms with E-state index in [-0.39, 0.29) is 0 Å². The summed E-state index contributed by atoms with van der Waals surface area (Å²) in [5.74, 6) is -0.525. The summed E-state index contributed by atoms with van der Waals surface area (Å²) in [4.78, 5) is 23.2. The van der Waals surface area contributed by atoms with E-state index in [1.165, 1.54) is 0 Å². The van der Waals surface area contributed by atoms with Crippen molar-refractivity contribution in [3.63, 3.8) is 0 Å². The van der Waals surface area contributed by atoms with Gasteiger partial charge in [-0.2, -0.15) is 0 Å². The van der Waals surface area contributed by atoms with Crippen LogP contribution in [0.3, 0.4) is 0 Å². The number of carbonyl (C=O) groups excluding carboxylic acids is 1. The minimum absolute atomic E-state index is 0.334. The summed E-state index contributed by atoms with van der Waals surface area (Å²) in [7, 11) is 0. The van der Waals surface area contributed by atoms with Crippen molar-refractivity contribution in [1.82, 2.24) is 4.90 Å². The summed E-state index contributed by atoms with van der Waals surface area (Å²) in [5.41, 5.74) is 1.40. The summed E-state index contributed by atoms with van der Waals surface area (Å²) in [6, 6.07) is 7.09. The van der Waals surface area contributed by atoms with Crippen molar-refractivity contribution in [2.24, 2.45) is 0 Å². The molecule has 4 nitrogen and oxygen atoms in total. The first kappa shape index (κ1) is 11.6. The average molecular weight is 233 g/mol. The smallest absolute Gasteiger partial charge is 0.335 e. The summed E-state index contributed by atoms with van der Waals surface area (Å²) >= 11 is 0. The third-order valence-corrected chi connectivity index (χ3v) is 3.28. The lowest BCUT2D eigenvalue weighted by atomic mass is 9.89. The maximum Gasteiger partial charge on any atom is 0.335 e. The van der Waals surface area contributed by atoms with E-state index in [1.807, 2.05) is 6.07 Å². The summed E-state index contributed by atoms with van der Waals surface area (Å²) in [5, 5.41) is 8.93. The van der Waals surface area contributed by atoms with Gasteiger partial charge in [0.15, 0.2) is 0 Å². The molecule has 1 heterocycles. The lowest BCUT2D eigenvalue weighted by molar-refractivity contribution is -0.119. The Morgan fingerprint density at radius 1 is 1.35 bits per heavy atom. The molecule has 1 N–H and O–H groups in total. The fourth-order valence-corrected chi connectivity index (χ4v) is 2.26. The van der Waals surface area contributed by atoms with E-state index in [1.54, 1.807) is 23.1 Å². The molecule has 1 aliphatic rings. The largest absolute Gasteiger partial charge is 0.478 e. The Morgan fingerprint density at radius 2 is 2.06 bits per heavy atom. The highest BCUT2D eigenvalue weighted by Gasteiger charge is 2.20. The maximum absolute atomic E-state index is 10.9. The van der Waals surface area contributed by atoms with Gasteiger partial charge in [-0.05, 0) is 36.5 Å². The van der Waals surface area contributed by atoms with Crippen LogP contribution in [0.1, 0.15) is 34.7 Å². The van der Waals surface area contributed by atoms with Gasteiger partial charge in [0.05, 0.1) is 5.56 Å². The highest BCUT2D eigenvalue weighted by Crippen LogP contribution is 2.27. The van der Waals surface area contributed by atoms with Gasteiger partial charge >= 0.3 is 5.97 Å². The first-order valence-electron chi connectivity index (χ1n) is 5.73. The highest BCUT2D eigenvalue weighted by atomic mass is 16.4. The molecule has 0 spiro atoms. The van der Waals surface area contributed by atoms with Crippen molar-refractivity contribution in [3.8, 4) is 0 Å². The first-order valence-corrected chi connectivity index (χ1v) is 5.73. The van der Waals surface area contributed by atoms with Crippen LogP contribution in [0.25, 0.3) is 0 Å². The van der Waals surface area contributed by atoms with Crippen molar-refractivity contribution >= 4 is 12.4 Å². The minimum Gasteiger partial charge on any atom is -0.478 e. The van der Waals surface area contributed by atoms with E-state index in [0.717, 1.165) is 37.9 Å². The monoisotopic (exact) mass is 233 g/mol. The number of benzene rings is 1. The summed E-state index contributed by atoms with van der Waals surface area (Å²) < 4.78 is 0. The fourth-order valence-electron chi connectivity index (χ4n) is 2.26. The minimum atomic E-state index is -0.892. The Kier molecular flexibility index (Phi) is 3.42. The van der Waals surface area contributed by atoms with Gasteiger partial charge in [-0.3, -0.25) is 4.79 Å². The second-order valence-corrected chi connectivity index (χ2v) is 4.35. The van der Waals surface area contributed by atoms with Crippen LogP contribution in [0, 0.1) is 0 Å². The molecule has 0 bridgehead atoms. The zero-order valence-electron chi connectivity index (χ0n) is 9.50. The lowest BCUT2D eigenvalue weighted by Crippen LogP contribution is -2.31. The quantitative estimate of drug-likeness (QED) is 0.809. The number of carbonyl (C=O) groups is 2. The number of carboxylic acid groups (broad SMARTS) is 1. The van der Waals surface area contributed by atoms with Crippen LogP contribution in [0.2, 0.25) is 0 Å². The summed E-state index contributed by atoms with van der Waals surface area (Å²) in [6.45, 7) is 1.51. The molecule has 1 aromatic rings. The van der Waals surface area contributed by atoms with E-state index < -0.39 is 5.97 Å². The molecule has 1 fully saturated rings. The average Bonchev–Trinajstić information content (AvgIpc) is 2.39. The molecule has 17 heavy (non-hydrogen) atoms. The number of carboxylic acids is 1. The third kappa shape index (κ3) is 2.64. The Balaban J connectivity index is 2.10. The number of aromatic carboxylic acids is 1. The van der Waals surface area contributed by atoms with Gasteiger partial charge in [0.1, 0.15) is 0 Å². The van der Waals surface area contributed by atoms with Crippen molar-refractivity contribution in [2.45, 2.75) is 18.8 Å². The first-order chi connectivity index (χ1) is 8.20. The molecule has 1 saturated heterocycles. The Bertz CT molecular complexity index is 422. The molecule has 0 atom stereocenters. The molecule has 0 aromatic heterocycles. The number of piperidine rings is 1. The zero-order valence-corrected chi connectivity index (χ0v) is 9.50. The molecule has 0 aliphatic carbocycles. The van der Waals surface area contributed by atoms with Crippen molar-refractivity contribution in [3.05, 3.63) is 35.4 Å². The molecule has 1 aliphatic heterocycles. The van der Waals surface area contributed by atoms with E-state index in [9.17, 15) is 9.59 Å². The third-order valence-electron chi connectivity index (χ3n) is 3.28. The van der Waals surface area contributed by atoms with Gasteiger partial charge in [0, 0.05) is 13.1 Å². The van der Waals surface area contributed by atoms with Crippen LogP contribution < -0.4 is 0 Å². The van der Waals surface area contributed by atoms with Crippen LogP contribution in [0.5, 0.6) is 0 Å². The van der Waals surface area contributed by atoms with Crippen molar-refractivity contribution < 1.29 is 14.7 Å². The van der Waals surface area contributed by atoms with Crippen LogP contribution in [0.4, 0.5) is 0 Å². The van der Waals surface area contributed by atoms with Gasteiger partial charge in [0.2, 0.25) is 6.41 Å². The molecule has 1 amide bonds. The van der Waals surface area contributed by atoms with Gasteiger partial charge in [-0.15, -0.1) is 0 Å². The predicted molar refractivity (Wildman–Crippen MR) is 63.0 cm³/mol. The Morgan fingerprint density at radius 3 is 2.65 bits per heavy atom. The SMILES string of the molecule is O=CN1CCC(c2cccc(C(=O)O)c2)CC1. The number of rotatable bonds is 3. The number of likely N-dealkylation sites (tertiary alicyclic amines) is 1. The van der Waals surface area contributed by atoms with Crippen LogP contribution in [-0.2, 0) is 4.79 Å². The lowest BCUT2D eigenvalue weighted by Gasteiger charge is -2.29. The normalized spacial score (nSPS) is 16.8. The number of nitrogens with zero attached hydrogens (tertiary/aromatic N) is 1. The molecule has 90 valence electrons. The predicted octanol–water partition coefficient (Wildman–Crippen LogP) is 1.72. The summed E-state index contributed by atoms with van der Waals surface area (Å²) in [6.07, 6.45) is 2.69. The second kappa shape index (κ2) is 4.99. The maximum atomic E-state index is 10.9. The Hall–Kier alpha value is -1.84. The van der Waals surface area contributed by atoms with Crippen LogP contribution in [0.15, 0.2) is 24.3 Å². The molecule has 1 aromatic carbocycles. The highest BCUT2D eigenvalue weighted by molar-refractivity contribution is 5.87. The van der Waals surface area contributed by atoms with Crippen molar-refractivity contribution in [1.29, 1.82) is 0 Å². The van der Waals surface area contributed by atoms with Crippen LogP contribution in [-0.4, -0.2) is 35.5 Å². The van der Waals surface area contributed by atoms with Gasteiger partial charge in [-0.25, -0.2) is 4.79 Å². The van der Waals surface area contributed by atoms with Gasteiger partial charge in [0.25, 0.3) is 0 Å². The number of amides is 1. The van der Waals surface area contributed by atoms with E-state index in [0.29, 0.717) is 11.5 Å². The van der Waals surface area contributed by atoms with Gasteiger partial charge < -0.3 is 10.0 Å². The Labute approximate surface area is 99.9 Å². The van der Waals surface area contributed by atoms with Crippen LogP contribution >= 0.6 is 0 Å². The van der Waals surface area contributed by atoms with E-state index in [4.69, 9.17) is 5.11 Å². The topological polar surface area (TPSA) is 57.6 Å². The number of hydrogen-bond donors (Lipinski definition) is 1. The molecule has 2 rings (SSSR count). The van der Waals surface area contributed by atoms with E-state index >= 15 is 0 Å². The molecule has 0 unspecified atom stereocenters. The molecule has 0 saturated carbocycles.